The van der Waals surface area contributed by atoms with Crippen molar-refractivity contribution in [3.05, 3.63) is 40.6 Å². The summed E-state index contributed by atoms with van der Waals surface area (Å²) in [5.74, 6) is 0.670. The first kappa shape index (κ1) is 20.9. The van der Waals surface area contributed by atoms with Gasteiger partial charge in [0.1, 0.15) is 0 Å². The van der Waals surface area contributed by atoms with Gasteiger partial charge >= 0.3 is 0 Å². The van der Waals surface area contributed by atoms with Crippen molar-refractivity contribution in [2.24, 2.45) is 0 Å². The van der Waals surface area contributed by atoms with Gasteiger partial charge in [0.05, 0.1) is 11.1 Å². The van der Waals surface area contributed by atoms with Crippen LogP contribution in [-0.4, -0.2) is 42.0 Å². The minimum Gasteiger partial charge on any atom is -0.337 e. The lowest BCUT2D eigenvalue weighted by atomic mass is 9.99. The van der Waals surface area contributed by atoms with Gasteiger partial charge in [-0.05, 0) is 57.4 Å². The number of likely N-dealkylation sites (N-methyl/N-ethyl adjacent to an activating group) is 1. The summed E-state index contributed by atoms with van der Waals surface area (Å²) in [4.78, 5) is 20.0. The number of aryl methyl sites for hydroxylation is 2. The number of halogens is 2. The lowest BCUT2D eigenvalue weighted by Gasteiger charge is -2.25. The number of carbonyl (C=O) groups is 1. The topological polar surface area (TPSA) is 45.2 Å². The van der Waals surface area contributed by atoms with Gasteiger partial charge < -0.3 is 10.2 Å². The summed E-state index contributed by atoms with van der Waals surface area (Å²) >= 11 is 0. The summed E-state index contributed by atoms with van der Waals surface area (Å²) in [5.41, 5.74) is 5.25. The molecule has 1 aromatic carbocycles. The van der Waals surface area contributed by atoms with E-state index in [1.807, 2.05) is 11.9 Å². The molecule has 4 rings (SSSR count). The zero-order chi connectivity index (χ0) is 16.8. The zero-order valence-electron chi connectivity index (χ0n) is 15.5. The molecule has 26 heavy (non-hydrogen) atoms. The van der Waals surface area contributed by atoms with E-state index in [4.69, 9.17) is 4.98 Å². The third-order valence-electron chi connectivity index (χ3n) is 5.40. The molecule has 2 fully saturated rings. The number of hydrogen-bond acceptors (Lipinski definition) is 3. The molecule has 6 heteroatoms. The van der Waals surface area contributed by atoms with Gasteiger partial charge in [-0.3, -0.25) is 9.78 Å². The van der Waals surface area contributed by atoms with Gasteiger partial charge in [0.15, 0.2) is 0 Å². The third kappa shape index (κ3) is 3.83. The van der Waals surface area contributed by atoms with Gasteiger partial charge in [-0.2, -0.15) is 0 Å². The van der Waals surface area contributed by atoms with Crippen molar-refractivity contribution in [1.82, 2.24) is 15.2 Å². The van der Waals surface area contributed by atoms with Gasteiger partial charge in [0.25, 0.3) is 5.91 Å². The molecule has 0 bridgehead atoms. The number of carbonyl (C=O) groups excluding carboxylic acids is 1. The van der Waals surface area contributed by atoms with Crippen molar-refractivity contribution >= 4 is 41.6 Å². The largest absolute Gasteiger partial charge is 0.337 e. The SMILES string of the molecule is Cc1cc(C)c2nc(C3CC3)cc(C(=O)N(C)C3CCNC3)c2c1.Cl.Cl. The van der Waals surface area contributed by atoms with Crippen LogP contribution in [0.2, 0.25) is 0 Å². The number of nitrogens with zero attached hydrogens (tertiary/aromatic N) is 2. The van der Waals surface area contributed by atoms with Crippen LogP contribution in [-0.2, 0) is 0 Å². The predicted octanol–water partition coefficient (Wildman–Crippen LogP) is 4.01. The normalized spacial score (nSPS) is 19.0. The monoisotopic (exact) mass is 395 g/mol. The number of nitrogens with one attached hydrogen (secondary N) is 1. The molecule has 1 saturated carbocycles. The molecular weight excluding hydrogens is 369 g/mol. The maximum atomic E-state index is 13.2. The Kier molecular flexibility index (Phi) is 6.54. The lowest BCUT2D eigenvalue weighted by Crippen LogP contribution is -2.38. The van der Waals surface area contributed by atoms with Crippen LogP contribution in [0.25, 0.3) is 10.9 Å². The molecule has 4 nitrogen and oxygen atoms in total. The van der Waals surface area contributed by atoms with Crippen LogP contribution in [0.4, 0.5) is 0 Å². The second-order valence-corrected chi connectivity index (χ2v) is 7.41. The third-order valence-corrected chi connectivity index (χ3v) is 5.40. The molecule has 1 unspecified atom stereocenters. The first-order valence-corrected chi connectivity index (χ1v) is 8.94. The highest BCUT2D eigenvalue weighted by atomic mass is 35.5. The van der Waals surface area contributed by atoms with E-state index in [0.29, 0.717) is 5.92 Å². The molecule has 2 aromatic rings. The van der Waals surface area contributed by atoms with Gasteiger partial charge in [-0.25, -0.2) is 0 Å². The predicted molar refractivity (Wildman–Crippen MR) is 111 cm³/mol. The summed E-state index contributed by atoms with van der Waals surface area (Å²) in [6.45, 7) is 6.06. The first-order valence-electron chi connectivity index (χ1n) is 8.94. The highest BCUT2D eigenvalue weighted by molar-refractivity contribution is 6.07. The van der Waals surface area contributed by atoms with Crippen LogP contribution in [0, 0.1) is 13.8 Å². The van der Waals surface area contributed by atoms with E-state index in [1.165, 1.54) is 18.4 Å². The van der Waals surface area contributed by atoms with Crippen LogP contribution in [0.5, 0.6) is 0 Å². The molecule has 2 aliphatic rings. The number of fused-ring (bicyclic) bond motifs is 1. The Morgan fingerprint density at radius 2 is 1.88 bits per heavy atom. The van der Waals surface area contributed by atoms with Gasteiger partial charge in [-0.15, -0.1) is 24.8 Å². The van der Waals surface area contributed by atoms with Crippen LogP contribution in [0.3, 0.4) is 0 Å². The van der Waals surface area contributed by atoms with Crippen LogP contribution < -0.4 is 5.32 Å². The molecule has 1 aromatic heterocycles. The standard InChI is InChI=1S/C20H25N3O.2ClH/c1-12-8-13(2)19-16(9-12)17(10-18(22-19)14-4-5-14)20(24)23(3)15-6-7-21-11-15;;/h8-10,14-15,21H,4-7,11H2,1-3H3;2*1H. The van der Waals surface area contributed by atoms with E-state index in [9.17, 15) is 4.79 Å². The minimum absolute atomic E-state index is 0. The molecule has 2 heterocycles. The summed E-state index contributed by atoms with van der Waals surface area (Å²) in [6.07, 6.45) is 3.41. The second kappa shape index (κ2) is 8.12. The maximum absolute atomic E-state index is 13.2. The van der Waals surface area contributed by atoms with Crippen molar-refractivity contribution in [3.8, 4) is 0 Å². The number of pyridine rings is 1. The van der Waals surface area contributed by atoms with Crippen LogP contribution in [0.1, 0.15) is 52.4 Å². The number of aromatic nitrogens is 1. The molecule has 1 amide bonds. The number of benzene rings is 1. The molecule has 1 saturated heterocycles. The lowest BCUT2D eigenvalue weighted by molar-refractivity contribution is 0.0745. The molecule has 0 radical (unpaired) electrons. The summed E-state index contributed by atoms with van der Waals surface area (Å²) in [7, 11) is 1.94. The molecule has 1 aliphatic carbocycles. The molecule has 1 aliphatic heterocycles. The highest BCUT2D eigenvalue weighted by Gasteiger charge is 2.30. The fourth-order valence-electron chi connectivity index (χ4n) is 3.79. The smallest absolute Gasteiger partial charge is 0.254 e. The summed E-state index contributed by atoms with van der Waals surface area (Å²) < 4.78 is 0. The summed E-state index contributed by atoms with van der Waals surface area (Å²) in [5, 5.41) is 4.35. The van der Waals surface area contributed by atoms with E-state index in [-0.39, 0.29) is 36.8 Å². The van der Waals surface area contributed by atoms with Gasteiger partial charge in [-0.1, -0.05) is 11.6 Å². The van der Waals surface area contributed by atoms with Crippen molar-refractivity contribution in [2.45, 2.75) is 45.1 Å². The Hall–Kier alpha value is -1.36. The maximum Gasteiger partial charge on any atom is 0.254 e. The quantitative estimate of drug-likeness (QED) is 0.853. The van der Waals surface area contributed by atoms with Crippen molar-refractivity contribution in [3.63, 3.8) is 0 Å². The van der Waals surface area contributed by atoms with E-state index in [0.717, 1.165) is 47.2 Å². The van der Waals surface area contributed by atoms with E-state index < -0.39 is 0 Å². The number of amides is 1. The Morgan fingerprint density at radius 3 is 2.50 bits per heavy atom. The second-order valence-electron chi connectivity index (χ2n) is 7.41. The van der Waals surface area contributed by atoms with Crippen molar-refractivity contribution in [1.29, 1.82) is 0 Å². The molecule has 142 valence electrons. The zero-order valence-corrected chi connectivity index (χ0v) is 17.2. The van der Waals surface area contributed by atoms with Gasteiger partial charge in [0, 0.05) is 36.6 Å². The van der Waals surface area contributed by atoms with Crippen molar-refractivity contribution in [2.75, 3.05) is 20.1 Å². The first-order chi connectivity index (χ1) is 11.5. The molecule has 0 spiro atoms. The number of hydrogen-bond donors (Lipinski definition) is 1. The van der Waals surface area contributed by atoms with Crippen LogP contribution in [0.15, 0.2) is 18.2 Å². The Morgan fingerprint density at radius 1 is 1.15 bits per heavy atom. The number of rotatable bonds is 3. The Balaban J connectivity index is 0.00000121. The molecule has 1 N–H and O–H groups in total. The summed E-state index contributed by atoms with van der Waals surface area (Å²) in [6, 6.07) is 6.61. The van der Waals surface area contributed by atoms with Crippen LogP contribution >= 0.6 is 24.8 Å². The fraction of sp³-hybridized carbons (Fsp3) is 0.500. The van der Waals surface area contributed by atoms with Crippen molar-refractivity contribution < 1.29 is 4.79 Å². The van der Waals surface area contributed by atoms with E-state index in [1.54, 1.807) is 0 Å². The van der Waals surface area contributed by atoms with E-state index in [2.05, 4.69) is 37.4 Å². The fourth-order valence-corrected chi connectivity index (χ4v) is 3.79. The van der Waals surface area contributed by atoms with Gasteiger partial charge in [0.2, 0.25) is 0 Å². The Bertz CT molecular complexity index is 814. The molecular formula is C20H27Cl2N3O. The minimum atomic E-state index is 0. The highest BCUT2D eigenvalue weighted by Crippen LogP contribution is 2.40. The van der Waals surface area contributed by atoms with E-state index >= 15 is 0 Å². The average molecular weight is 396 g/mol. The molecule has 1 atom stereocenters. The Labute approximate surface area is 167 Å². The average Bonchev–Trinajstić information content (AvgIpc) is 3.27.